The first-order valence-electron chi connectivity index (χ1n) is 6.32. The van der Waals surface area contributed by atoms with Crippen LogP contribution in [0.4, 0.5) is 4.39 Å². The molecule has 0 aromatic heterocycles. The van der Waals surface area contributed by atoms with Crippen molar-refractivity contribution in [2.24, 2.45) is 5.73 Å². The average Bonchev–Trinajstić information content (AvgIpc) is 2.42. The van der Waals surface area contributed by atoms with E-state index in [1.54, 1.807) is 0 Å². The molecule has 20 heavy (non-hydrogen) atoms. The number of amides is 1. The van der Waals surface area contributed by atoms with Crippen LogP contribution in [0.3, 0.4) is 0 Å². The molecule has 0 saturated carbocycles. The van der Waals surface area contributed by atoms with Crippen molar-refractivity contribution >= 4 is 29.1 Å². The number of carbonyl (C=O) groups is 1. The lowest BCUT2D eigenvalue weighted by molar-refractivity contribution is -0.124. The van der Waals surface area contributed by atoms with Crippen molar-refractivity contribution in [1.82, 2.24) is 10.2 Å². The lowest BCUT2D eigenvalue weighted by Crippen LogP contribution is -2.57. The minimum atomic E-state index is -0.524. The molecule has 3 N–H and O–H groups in total. The second-order valence-corrected chi connectivity index (χ2v) is 5.64. The molecular weight excluding hydrogens is 304 g/mol. The molecule has 0 radical (unpaired) electrons. The Kier molecular flexibility index (Phi) is 4.86. The molecule has 2 atom stereocenters. The zero-order chi connectivity index (χ0) is 14.9. The summed E-state index contributed by atoms with van der Waals surface area (Å²) < 4.78 is 13.6. The molecular formula is C13H16Cl2FN3O. The summed E-state index contributed by atoms with van der Waals surface area (Å²) in [6.07, 6.45) is 0. The molecule has 1 aliphatic heterocycles. The first-order chi connectivity index (χ1) is 9.41. The van der Waals surface area contributed by atoms with Crippen molar-refractivity contribution in [3.63, 3.8) is 0 Å². The van der Waals surface area contributed by atoms with Crippen LogP contribution in [-0.4, -0.2) is 36.5 Å². The largest absolute Gasteiger partial charge is 0.368 e. The van der Waals surface area contributed by atoms with Gasteiger partial charge in [-0.2, -0.15) is 0 Å². The van der Waals surface area contributed by atoms with Crippen LogP contribution in [-0.2, 0) is 4.79 Å². The normalized spacial score (nSPS) is 21.7. The highest BCUT2D eigenvalue weighted by molar-refractivity contribution is 6.35. The fourth-order valence-corrected chi connectivity index (χ4v) is 3.03. The van der Waals surface area contributed by atoms with E-state index in [1.807, 2.05) is 11.8 Å². The van der Waals surface area contributed by atoms with E-state index in [-0.39, 0.29) is 11.1 Å². The van der Waals surface area contributed by atoms with Crippen molar-refractivity contribution in [3.05, 3.63) is 33.6 Å². The number of primary amides is 1. The summed E-state index contributed by atoms with van der Waals surface area (Å²) in [5.74, 6) is -0.932. The van der Waals surface area contributed by atoms with Gasteiger partial charge in [-0.05, 0) is 24.6 Å². The summed E-state index contributed by atoms with van der Waals surface area (Å²) in [6, 6.07) is 2.03. The molecule has 0 spiro atoms. The summed E-state index contributed by atoms with van der Waals surface area (Å²) in [7, 11) is 0. The molecule has 1 saturated heterocycles. The van der Waals surface area contributed by atoms with Crippen molar-refractivity contribution in [3.8, 4) is 0 Å². The quantitative estimate of drug-likeness (QED) is 0.837. The Labute approximate surface area is 127 Å². The second kappa shape index (κ2) is 6.26. The maximum atomic E-state index is 13.6. The number of nitrogens with zero attached hydrogens (tertiary/aromatic N) is 1. The van der Waals surface area contributed by atoms with Crippen LogP contribution in [0.1, 0.15) is 18.5 Å². The zero-order valence-corrected chi connectivity index (χ0v) is 12.5. The minimum absolute atomic E-state index is 0.0160. The molecule has 4 nitrogen and oxygen atoms in total. The van der Waals surface area contributed by atoms with E-state index in [4.69, 9.17) is 28.9 Å². The number of piperazine rings is 1. The Morgan fingerprint density at radius 3 is 2.85 bits per heavy atom. The predicted octanol–water partition coefficient (Wildman–Crippen LogP) is 1.95. The average molecular weight is 320 g/mol. The van der Waals surface area contributed by atoms with Crippen LogP contribution in [0.5, 0.6) is 0 Å². The van der Waals surface area contributed by atoms with Crippen LogP contribution < -0.4 is 11.1 Å². The van der Waals surface area contributed by atoms with Crippen LogP contribution in [0, 0.1) is 5.82 Å². The van der Waals surface area contributed by atoms with Crippen molar-refractivity contribution in [2.45, 2.75) is 19.0 Å². The Morgan fingerprint density at radius 1 is 1.50 bits per heavy atom. The van der Waals surface area contributed by atoms with Gasteiger partial charge in [-0.1, -0.05) is 23.2 Å². The molecule has 1 amide bonds. The first-order valence-corrected chi connectivity index (χ1v) is 7.07. The highest BCUT2D eigenvalue weighted by atomic mass is 35.5. The van der Waals surface area contributed by atoms with Crippen molar-refractivity contribution < 1.29 is 9.18 Å². The summed E-state index contributed by atoms with van der Waals surface area (Å²) in [5.41, 5.74) is 6.02. The number of halogens is 3. The lowest BCUT2D eigenvalue weighted by atomic mass is 10.0. The van der Waals surface area contributed by atoms with Crippen molar-refractivity contribution in [2.75, 3.05) is 19.6 Å². The van der Waals surface area contributed by atoms with Gasteiger partial charge in [0.2, 0.25) is 5.91 Å². The van der Waals surface area contributed by atoms with Crippen LogP contribution in [0.15, 0.2) is 12.1 Å². The van der Waals surface area contributed by atoms with Crippen LogP contribution in [0.2, 0.25) is 10.0 Å². The first kappa shape index (κ1) is 15.5. The number of benzene rings is 1. The number of rotatable bonds is 3. The maximum absolute atomic E-state index is 13.6. The van der Waals surface area contributed by atoms with E-state index in [1.165, 1.54) is 12.1 Å². The Balaban J connectivity index is 2.32. The smallest absolute Gasteiger partial charge is 0.236 e. The van der Waals surface area contributed by atoms with Gasteiger partial charge in [-0.3, -0.25) is 9.69 Å². The summed E-state index contributed by atoms with van der Waals surface area (Å²) in [4.78, 5) is 13.4. The summed E-state index contributed by atoms with van der Waals surface area (Å²) in [6.45, 7) is 3.72. The number of hydrogen-bond donors (Lipinski definition) is 2. The van der Waals surface area contributed by atoms with E-state index < -0.39 is 17.8 Å². The third kappa shape index (κ3) is 3.06. The van der Waals surface area contributed by atoms with Gasteiger partial charge in [-0.25, -0.2) is 4.39 Å². The number of carbonyl (C=O) groups excluding carboxylic acids is 1. The lowest BCUT2D eigenvalue weighted by Gasteiger charge is -2.38. The molecule has 0 aliphatic carbocycles. The molecule has 1 aromatic rings. The van der Waals surface area contributed by atoms with E-state index in [2.05, 4.69) is 5.32 Å². The van der Waals surface area contributed by atoms with E-state index in [9.17, 15) is 9.18 Å². The molecule has 2 rings (SSSR count). The number of hydrogen-bond acceptors (Lipinski definition) is 3. The topological polar surface area (TPSA) is 58.4 Å². The monoisotopic (exact) mass is 319 g/mol. The van der Waals surface area contributed by atoms with Gasteiger partial charge in [-0.15, -0.1) is 0 Å². The van der Waals surface area contributed by atoms with Gasteiger partial charge >= 0.3 is 0 Å². The standard InChI is InChI=1S/C13H16Cl2FN3O/c1-7(8-4-11(16)10(15)5-9(8)14)19-3-2-18-6-12(19)13(17)20/h4-5,7,12,18H,2-3,6H2,1H3,(H2,17,20). The van der Waals surface area contributed by atoms with Crippen molar-refractivity contribution in [1.29, 1.82) is 0 Å². The van der Waals surface area contributed by atoms with Crippen LogP contribution >= 0.6 is 23.2 Å². The highest BCUT2D eigenvalue weighted by Crippen LogP contribution is 2.32. The zero-order valence-electron chi connectivity index (χ0n) is 11.0. The fraction of sp³-hybridized carbons (Fsp3) is 0.462. The molecule has 1 heterocycles. The molecule has 1 fully saturated rings. The van der Waals surface area contributed by atoms with Gasteiger partial charge < -0.3 is 11.1 Å². The van der Waals surface area contributed by atoms with Gasteiger partial charge in [0.15, 0.2) is 0 Å². The Hall–Kier alpha value is -0.880. The molecule has 1 aromatic carbocycles. The van der Waals surface area contributed by atoms with Gasteiger partial charge in [0, 0.05) is 30.7 Å². The third-order valence-electron chi connectivity index (χ3n) is 3.60. The van der Waals surface area contributed by atoms with E-state index in [0.717, 1.165) is 6.54 Å². The maximum Gasteiger partial charge on any atom is 0.236 e. The number of nitrogens with two attached hydrogens (primary N) is 1. The minimum Gasteiger partial charge on any atom is -0.368 e. The van der Waals surface area contributed by atoms with Gasteiger partial charge in [0.25, 0.3) is 0 Å². The number of nitrogens with one attached hydrogen (secondary N) is 1. The Morgan fingerprint density at radius 2 is 2.20 bits per heavy atom. The Bertz CT molecular complexity index is 527. The van der Waals surface area contributed by atoms with Crippen LogP contribution in [0.25, 0.3) is 0 Å². The predicted molar refractivity (Wildman–Crippen MR) is 77.4 cm³/mol. The van der Waals surface area contributed by atoms with E-state index >= 15 is 0 Å². The molecule has 110 valence electrons. The third-order valence-corrected chi connectivity index (χ3v) is 4.22. The summed E-state index contributed by atoms with van der Waals surface area (Å²) in [5, 5.41) is 3.48. The molecule has 0 bridgehead atoms. The summed E-state index contributed by atoms with van der Waals surface area (Å²) >= 11 is 11.8. The highest BCUT2D eigenvalue weighted by Gasteiger charge is 2.32. The van der Waals surface area contributed by atoms with Gasteiger partial charge in [0.05, 0.1) is 5.02 Å². The molecule has 7 heteroatoms. The SMILES string of the molecule is CC(c1cc(F)c(Cl)cc1Cl)N1CCNCC1C(N)=O. The molecule has 1 aliphatic rings. The molecule has 2 unspecified atom stereocenters. The van der Waals surface area contributed by atoms with E-state index in [0.29, 0.717) is 23.7 Å². The fourth-order valence-electron chi connectivity index (χ4n) is 2.48. The van der Waals surface area contributed by atoms with Gasteiger partial charge in [0.1, 0.15) is 11.9 Å². The second-order valence-electron chi connectivity index (χ2n) is 4.82.